The fraction of sp³-hybridized carbons (Fsp3) is 0.250. The Morgan fingerprint density at radius 2 is 2.24 bits per heavy atom. The molecule has 5 heteroatoms. The van der Waals surface area contributed by atoms with Gasteiger partial charge in [0.15, 0.2) is 0 Å². The number of rotatable bonds is 3. The van der Waals surface area contributed by atoms with Crippen LogP contribution in [0.25, 0.3) is 0 Å². The van der Waals surface area contributed by atoms with E-state index in [0.29, 0.717) is 16.7 Å². The molecule has 0 fully saturated rings. The lowest BCUT2D eigenvalue weighted by Gasteiger charge is -2.15. The van der Waals surface area contributed by atoms with Crippen LogP contribution >= 0.6 is 15.9 Å². The van der Waals surface area contributed by atoms with Crippen molar-refractivity contribution in [3.8, 4) is 0 Å². The Hall–Kier alpha value is -1.20. The topological polar surface area (TPSA) is 38.0 Å². The molecular weight excluding hydrogens is 287 g/mol. The first-order valence-electron chi connectivity index (χ1n) is 5.28. The van der Waals surface area contributed by atoms with Crippen LogP contribution < -0.4 is 0 Å². The summed E-state index contributed by atoms with van der Waals surface area (Å²) in [6, 6.07) is 6.31. The predicted molar refractivity (Wildman–Crippen MR) is 66.1 cm³/mol. The third-order valence-corrected chi connectivity index (χ3v) is 3.29. The van der Waals surface area contributed by atoms with Crippen LogP contribution in [-0.4, -0.2) is 14.9 Å². The molecule has 0 bridgehead atoms. The molecule has 3 nitrogen and oxygen atoms in total. The number of aliphatic hydroxyl groups excluding tert-OH is 1. The van der Waals surface area contributed by atoms with Gasteiger partial charge in [-0.25, -0.2) is 4.39 Å². The molecule has 0 saturated carbocycles. The second-order valence-corrected chi connectivity index (χ2v) is 4.46. The van der Waals surface area contributed by atoms with E-state index in [1.165, 1.54) is 6.07 Å². The highest BCUT2D eigenvalue weighted by Gasteiger charge is 2.20. The van der Waals surface area contributed by atoms with Gasteiger partial charge in [0, 0.05) is 22.8 Å². The zero-order valence-electron chi connectivity index (χ0n) is 9.27. The number of benzene rings is 1. The van der Waals surface area contributed by atoms with Gasteiger partial charge in [-0.1, -0.05) is 22.0 Å². The summed E-state index contributed by atoms with van der Waals surface area (Å²) in [5, 5.41) is 14.3. The van der Waals surface area contributed by atoms with E-state index in [1.807, 2.05) is 6.92 Å². The third kappa shape index (κ3) is 2.25. The van der Waals surface area contributed by atoms with E-state index in [4.69, 9.17) is 0 Å². The number of aromatic nitrogens is 2. The van der Waals surface area contributed by atoms with Crippen LogP contribution in [0.3, 0.4) is 0 Å². The van der Waals surface area contributed by atoms with Crippen LogP contribution in [0.15, 0.2) is 34.9 Å². The molecule has 17 heavy (non-hydrogen) atoms. The van der Waals surface area contributed by atoms with Crippen molar-refractivity contribution in [3.05, 3.63) is 52.0 Å². The summed E-state index contributed by atoms with van der Waals surface area (Å²) in [6.45, 7) is 2.55. The molecule has 2 rings (SSSR count). The van der Waals surface area contributed by atoms with Gasteiger partial charge in [0.1, 0.15) is 11.9 Å². The Bertz CT molecular complexity index is 507. The third-order valence-electron chi connectivity index (χ3n) is 2.60. The Labute approximate surface area is 107 Å². The first kappa shape index (κ1) is 12.3. The van der Waals surface area contributed by atoms with Crippen LogP contribution in [0.2, 0.25) is 0 Å². The van der Waals surface area contributed by atoms with Crippen LogP contribution in [0, 0.1) is 5.82 Å². The van der Waals surface area contributed by atoms with Gasteiger partial charge >= 0.3 is 0 Å². The molecule has 1 heterocycles. The summed E-state index contributed by atoms with van der Waals surface area (Å²) in [4.78, 5) is 0. The van der Waals surface area contributed by atoms with Crippen molar-refractivity contribution in [2.45, 2.75) is 19.6 Å². The molecule has 0 aliphatic carbocycles. The summed E-state index contributed by atoms with van der Waals surface area (Å²) in [7, 11) is 0. The van der Waals surface area contributed by atoms with Crippen LogP contribution in [0.5, 0.6) is 0 Å². The fourth-order valence-electron chi connectivity index (χ4n) is 1.76. The highest BCUT2D eigenvalue weighted by Crippen LogP contribution is 2.30. The van der Waals surface area contributed by atoms with Gasteiger partial charge in [-0.2, -0.15) is 5.10 Å². The van der Waals surface area contributed by atoms with Gasteiger partial charge < -0.3 is 5.11 Å². The van der Waals surface area contributed by atoms with Crippen molar-refractivity contribution in [2.75, 3.05) is 0 Å². The number of halogens is 2. The Morgan fingerprint density at radius 1 is 1.47 bits per heavy atom. The van der Waals surface area contributed by atoms with Crippen molar-refractivity contribution in [1.29, 1.82) is 0 Å². The van der Waals surface area contributed by atoms with E-state index < -0.39 is 11.9 Å². The molecule has 1 aromatic carbocycles. The Balaban J connectivity index is 2.47. The number of hydrogen-bond acceptors (Lipinski definition) is 2. The molecule has 2 aromatic rings. The van der Waals surface area contributed by atoms with Crippen molar-refractivity contribution < 1.29 is 9.50 Å². The molecule has 0 spiro atoms. The van der Waals surface area contributed by atoms with Gasteiger partial charge in [0.2, 0.25) is 0 Å². The quantitative estimate of drug-likeness (QED) is 0.946. The highest BCUT2D eigenvalue weighted by atomic mass is 79.9. The second kappa shape index (κ2) is 4.98. The maximum Gasteiger partial charge on any atom is 0.130 e. The fourth-order valence-corrected chi connectivity index (χ4v) is 2.32. The molecule has 1 aromatic heterocycles. The molecule has 0 radical (unpaired) electrons. The van der Waals surface area contributed by atoms with Crippen molar-refractivity contribution in [1.82, 2.24) is 9.78 Å². The van der Waals surface area contributed by atoms with Crippen molar-refractivity contribution in [3.63, 3.8) is 0 Å². The van der Waals surface area contributed by atoms with Crippen LogP contribution in [0.4, 0.5) is 4.39 Å². The standard InChI is InChI=1S/C12H12BrFN2O/c1-2-16-10(6-7-15-16)12(17)11-8(13)4-3-5-9(11)14/h3-7,12,17H,2H2,1H3. The Morgan fingerprint density at radius 3 is 2.88 bits per heavy atom. The lowest BCUT2D eigenvalue weighted by Crippen LogP contribution is -2.11. The molecule has 90 valence electrons. The first-order chi connectivity index (χ1) is 8.15. The molecule has 1 atom stereocenters. The second-order valence-electron chi connectivity index (χ2n) is 3.61. The van der Waals surface area contributed by atoms with Gasteiger partial charge in [-0.05, 0) is 25.1 Å². The van der Waals surface area contributed by atoms with E-state index in [9.17, 15) is 9.50 Å². The molecule has 0 amide bonds. The molecular formula is C12H12BrFN2O. The average molecular weight is 299 g/mol. The lowest BCUT2D eigenvalue weighted by atomic mass is 10.1. The zero-order valence-corrected chi connectivity index (χ0v) is 10.9. The van der Waals surface area contributed by atoms with E-state index in [-0.39, 0.29) is 5.56 Å². The predicted octanol–water partition coefficient (Wildman–Crippen LogP) is 2.89. The summed E-state index contributed by atoms with van der Waals surface area (Å²) in [6.07, 6.45) is 0.574. The smallest absolute Gasteiger partial charge is 0.130 e. The van der Waals surface area contributed by atoms with Crippen LogP contribution in [0.1, 0.15) is 24.3 Å². The molecule has 0 aliphatic heterocycles. The Kier molecular flexibility index (Phi) is 3.59. The van der Waals surface area contributed by atoms with E-state index in [2.05, 4.69) is 21.0 Å². The minimum atomic E-state index is -1.02. The number of aliphatic hydroxyl groups is 1. The van der Waals surface area contributed by atoms with E-state index >= 15 is 0 Å². The van der Waals surface area contributed by atoms with Gasteiger partial charge in [-0.3, -0.25) is 4.68 Å². The largest absolute Gasteiger partial charge is 0.382 e. The lowest BCUT2D eigenvalue weighted by molar-refractivity contribution is 0.202. The van der Waals surface area contributed by atoms with E-state index in [0.717, 1.165) is 0 Å². The summed E-state index contributed by atoms with van der Waals surface area (Å²) >= 11 is 3.25. The normalized spacial score (nSPS) is 12.7. The summed E-state index contributed by atoms with van der Waals surface area (Å²) in [5.41, 5.74) is 0.820. The average Bonchev–Trinajstić information content (AvgIpc) is 2.76. The molecule has 1 N–H and O–H groups in total. The SMILES string of the molecule is CCn1nccc1C(O)c1c(F)cccc1Br. The monoisotopic (exact) mass is 298 g/mol. The molecule has 1 unspecified atom stereocenters. The van der Waals surface area contributed by atoms with Crippen molar-refractivity contribution >= 4 is 15.9 Å². The zero-order chi connectivity index (χ0) is 12.4. The van der Waals surface area contributed by atoms with Gasteiger partial charge in [-0.15, -0.1) is 0 Å². The minimum Gasteiger partial charge on any atom is -0.382 e. The van der Waals surface area contributed by atoms with Gasteiger partial charge in [0.05, 0.1) is 5.69 Å². The summed E-state index contributed by atoms with van der Waals surface area (Å²) in [5.74, 6) is -0.435. The molecule has 0 saturated heterocycles. The van der Waals surface area contributed by atoms with E-state index in [1.54, 1.807) is 29.1 Å². The summed E-state index contributed by atoms with van der Waals surface area (Å²) < 4.78 is 15.9. The number of hydrogen-bond donors (Lipinski definition) is 1. The highest BCUT2D eigenvalue weighted by molar-refractivity contribution is 9.10. The maximum atomic E-state index is 13.7. The van der Waals surface area contributed by atoms with Crippen molar-refractivity contribution in [2.24, 2.45) is 0 Å². The van der Waals surface area contributed by atoms with Gasteiger partial charge in [0.25, 0.3) is 0 Å². The maximum absolute atomic E-state index is 13.7. The minimum absolute atomic E-state index is 0.239. The van der Waals surface area contributed by atoms with Crippen LogP contribution in [-0.2, 0) is 6.54 Å². The number of aryl methyl sites for hydroxylation is 1. The molecule has 0 aliphatic rings. The number of nitrogens with zero attached hydrogens (tertiary/aromatic N) is 2. The first-order valence-corrected chi connectivity index (χ1v) is 6.08.